The Bertz CT molecular complexity index is 734. The van der Waals surface area contributed by atoms with Gasteiger partial charge >= 0.3 is 0 Å². The summed E-state index contributed by atoms with van der Waals surface area (Å²) < 4.78 is 0. The van der Waals surface area contributed by atoms with E-state index in [9.17, 15) is 10.2 Å². The van der Waals surface area contributed by atoms with E-state index < -0.39 is 0 Å². The lowest BCUT2D eigenvalue weighted by Crippen LogP contribution is -2.39. The lowest BCUT2D eigenvalue weighted by atomic mass is 10.0. The molecule has 0 unspecified atom stereocenters. The number of hydrogen-bond acceptors (Lipinski definition) is 3. The van der Waals surface area contributed by atoms with Crippen molar-refractivity contribution in [2.45, 2.75) is 32.2 Å². The molecule has 1 aliphatic rings. The lowest BCUT2D eigenvalue weighted by molar-refractivity contribution is 0.397. The SMILES string of the molecule is Oc1cc2c(cc1O)CN(C(=S)NCCCc1ccccc1)CCC2. The third kappa shape index (κ3) is 4.63. The van der Waals surface area contributed by atoms with Gasteiger partial charge in [-0.3, -0.25) is 0 Å². The van der Waals surface area contributed by atoms with E-state index >= 15 is 0 Å². The van der Waals surface area contributed by atoms with Crippen LogP contribution in [0.15, 0.2) is 42.5 Å². The van der Waals surface area contributed by atoms with E-state index in [1.165, 1.54) is 5.56 Å². The van der Waals surface area contributed by atoms with Crippen molar-refractivity contribution in [2.75, 3.05) is 13.1 Å². The average Bonchev–Trinajstić information content (AvgIpc) is 2.82. The van der Waals surface area contributed by atoms with Crippen LogP contribution in [0.1, 0.15) is 29.5 Å². The fourth-order valence-electron chi connectivity index (χ4n) is 3.21. The van der Waals surface area contributed by atoms with E-state index in [0.717, 1.165) is 55.0 Å². The summed E-state index contributed by atoms with van der Waals surface area (Å²) in [4.78, 5) is 2.14. The van der Waals surface area contributed by atoms with Gasteiger partial charge in [0, 0.05) is 19.6 Å². The van der Waals surface area contributed by atoms with E-state index in [1.807, 2.05) is 6.07 Å². The Kier molecular flexibility index (Phi) is 5.76. The van der Waals surface area contributed by atoms with Crippen LogP contribution in [0.4, 0.5) is 0 Å². The van der Waals surface area contributed by atoms with Crippen molar-refractivity contribution in [3.63, 3.8) is 0 Å². The van der Waals surface area contributed by atoms with E-state index in [4.69, 9.17) is 12.2 Å². The second-order valence-electron chi connectivity index (χ2n) is 6.46. The summed E-state index contributed by atoms with van der Waals surface area (Å²) >= 11 is 5.55. The summed E-state index contributed by atoms with van der Waals surface area (Å²) in [7, 11) is 0. The normalized spacial score (nSPS) is 13.8. The fourth-order valence-corrected chi connectivity index (χ4v) is 3.46. The number of fused-ring (bicyclic) bond motifs is 1. The maximum absolute atomic E-state index is 9.76. The van der Waals surface area contributed by atoms with Crippen molar-refractivity contribution in [1.82, 2.24) is 10.2 Å². The molecule has 0 aromatic heterocycles. The first-order valence-electron chi connectivity index (χ1n) is 8.74. The standard InChI is InChI=1S/C20H24N2O2S/c23-18-12-16-9-5-11-22(14-17(16)13-19(18)24)20(25)21-10-4-8-15-6-2-1-3-7-15/h1-3,6-7,12-13,23-24H,4-5,8-11,14H2,(H,21,25). The zero-order valence-electron chi connectivity index (χ0n) is 14.2. The van der Waals surface area contributed by atoms with Crippen LogP contribution in [-0.2, 0) is 19.4 Å². The predicted molar refractivity (Wildman–Crippen MR) is 104 cm³/mol. The number of rotatable bonds is 4. The third-order valence-corrected chi connectivity index (χ3v) is 4.98. The minimum absolute atomic E-state index is 0.0474. The molecule has 4 nitrogen and oxygen atoms in total. The number of hydrogen-bond donors (Lipinski definition) is 3. The molecule has 2 aromatic carbocycles. The second-order valence-corrected chi connectivity index (χ2v) is 6.84. The van der Waals surface area contributed by atoms with Gasteiger partial charge < -0.3 is 20.4 Å². The minimum Gasteiger partial charge on any atom is -0.504 e. The molecule has 0 aliphatic carbocycles. The molecule has 0 saturated carbocycles. The molecule has 0 fully saturated rings. The van der Waals surface area contributed by atoms with E-state index in [0.29, 0.717) is 6.54 Å². The van der Waals surface area contributed by atoms with Crippen LogP contribution in [0.5, 0.6) is 11.5 Å². The lowest BCUT2D eigenvalue weighted by Gasteiger charge is -2.24. The average molecular weight is 356 g/mol. The highest BCUT2D eigenvalue weighted by Crippen LogP contribution is 2.31. The van der Waals surface area contributed by atoms with E-state index in [2.05, 4.69) is 34.5 Å². The summed E-state index contributed by atoms with van der Waals surface area (Å²) in [5.41, 5.74) is 3.46. The van der Waals surface area contributed by atoms with Crippen LogP contribution in [-0.4, -0.2) is 33.3 Å². The molecule has 0 saturated heterocycles. The van der Waals surface area contributed by atoms with Crippen molar-refractivity contribution in [3.05, 3.63) is 59.2 Å². The van der Waals surface area contributed by atoms with Gasteiger partial charge in [0.2, 0.25) is 0 Å². The zero-order valence-corrected chi connectivity index (χ0v) is 15.1. The molecule has 2 aromatic rings. The molecule has 3 N–H and O–H groups in total. The number of phenolic OH excluding ortho intramolecular Hbond substituents is 2. The van der Waals surface area contributed by atoms with Gasteiger partial charge in [0.05, 0.1) is 0 Å². The van der Waals surface area contributed by atoms with Crippen LogP contribution in [0.2, 0.25) is 0 Å². The van der Waals surface area contributed by atoms with Crippen LogP contribution in [0.25, 0.3) is 0 Å². The first kappa shape index (κ1) is 17.5. The summed E-state index contributed by atoms with van der Waals surface area (Å²) in [6.45, 7) is 2.38. The molecule has 0 atom stereocenters. The summed E-state index contributed by atoms with van der Waals surface area (Å²) in [6, 6.07) is 13.8. The van der Waals surface area contributed by atoms with Crippen LogP contribution >= 0.6 is 12.2 Å². The van der Waals surface area contributed by atoms with Crippen molar-refractivity contribution in [3.8, 4) is 11.5 Å². The number of benzene rings is 2. The van der Waals surface area contributed by atoms with Crippen LogP contribution < -0.4 is 5.32 Å². The number of phenols is 2. The molecule has 3 rings (SSSR count). The third-order valence-electron chi connectivity index (χ3n) is 4.58. The summed E-state index contributed by atoms with van der Waals surface area (Å²) in [5, 5.41) is 23.5. The largest absolute Gasteiger partial charge is 0.504 e. The quantitative estimate of drug-likeness (QED) is 0.446. The maximum Gasteiger partial charge on any atom is 0.169 e. The zero-order chi connectivity index (χ0) is 17.6. The Balaban J connectivity index is 1.52. The highest BCUT2D eigenvalue weighted by atomic mass is 32.1. The molecule has 0 radical (unpaired) electrons. The fraction of sp³-hybridized carbons (Fsp3) is 0.350. The summed E-state index contributed by atoms with van der Waals surface area (Å²) in [5.74, 6) is -0.115. The van der Waals surface area contributed by atoms with Crippen LogP contribution in [0, 0.1) is 0 Å². The smallest absolute Gasteiger partial charge is 0.169 e. The molecule has 1 aliphatic heterocycles. The van der Waals surface area contributed by atoms with Gasteiger partial charge in [-0.15, -0.1) is 0 Å². The first-order valence-corrected chi connectivity index (χ1v) is 9.15. The van der Waals surface area contributed by atoms with E-state index in [1.54, 1.807) is 12.1 Å². The number of aromatic hydroxyl groups is 2. The molecule has 1 heterocycles. The van der Waals surface area contributed by atoms with Gasteiger partial charge in [-0.2, -0.15) is 0 Å². The number of nitrogens with one attached hydrogen (secondary N) is 1. The minimum atomic E-state index is -0.0673. The number of aryl methyl sites for hydroxylation is 2. The van der Waals surface area contributed by atoms with Gasteiger partial charge in [0.1, 0.15) is 0 Å². The molecule has 132 valence electrons. The summed E-state index contributed by atoms with van der Waals surface area (Å²) in [6.07, 6.45) is 3.93. The van der Waals surface area contributed by atoms with Crippen molar-refractivity contribution < 1.29 is 10.2 Å². The van der Waals surface area contributed by atoms with Gasteiger partial charge in [-0.25, -0.2) is 0 Å². The monoisotopic (exact) mass is 356 g/mol. The van der Waals surface area contributed by atoms with Gasteiger partial charge in [-0.05, 0) is 66.7 Å². The molecule has 0 spiro atoms. The molecule has 0 amide bonds. The highest BCUT2D eigenvalue weighted by molar-refractivity contribution is 7.80. The van der Waals surface area contributed by atoms with Crippen molar-refractivity contribution in [1.29, 1.82) is 0 Å². The van der Waals surface area contributed by atoms with Gasteiger partial charge in [0.25, 0.3) is 0 Å². The maximum atomic E-state index is 9.76. The molecule has 0 bridgehead atoms. The first-order chi connectivity index (χ1) is 12.1. The molecule has 25 heavy (non-hydrogen) atoms. The Labute approximate surface area is 154 Å². The predicted octanol–water partition coefficient (Wildman–Crippen LogP) is 3.35. The van der Waals surface area contributed by atoms with Gasteiger partial charge in [-0.1, -0.05) is 30.3 Å². The Hall–Kier alpha value is -2.27. The Morgan fingerprint density at radius 1 is 1.08 bits per heavy atom. The number of nitrogens with zero attached hydrogens (tertiary/aromatic N) is 1. The van der Waals surface area contributed by atoms with Crippen molar-refractivity contribution >= 4 is 17.3 Å². The van der Waals surface area contributed by atoms with E-state index in [-0.39, 0.29) is 11.5 Å². The molecular formula is C20H24N2O2S. The van der Waals surface area contributed by atoms with Gasteiger partial charge in [0.15, 0.2) is 16.6 Å². The molecular weight excluding hydrogens is 332 g/mol. The molecule has 5 heteroatoms. The second kappa shape index (κ2) is 8.21. The Morgan fingerprint density at radius 2 is 1.80 bits per heavy atom. The number of thiocarbonyl (C=S) groups is 1. The Morgan fingerprint density at radius 3 is 2.56 bits per heavy atom. The van der Waals surface area contributed by atoms with Crippen molar-refractivity contribution in [2.24, 2.45) is 0 Å². The van der Waals surface area contributed by atoms with Crippen LogP contribution in [0.3, 0.4) is 0 Å². The topological polar surface area (TPSA) is 55.7 Å². The highest BCUT2D eigenvalue weighted by Gasteiger charge is 2.18.